The minimum Gasteiger partial charge on any atom is -0.427 e. The third-order valence-corrected chi connectivity index (χ3v) is 7.51. The molecule has 1 aliphatic heterocycles. The van der Waals surface area contributed by atoms with Gasteiger partial charge in [-0.05, 0) is 60.7 Å². The molecule has 4 rings (SSSR count). The van der Waals surface area contributed by atoms with Gasteiger partial charge in [0.15, 0.2) is 0 Å². The topological polar surface area (TPSA) is 63.7 Å². The number of carbonyl (C=O) groups excluding carboxylic acids is 1. The zero-order valence-electron chi connectivity index (χ0n) is 17.8. The van der Waals surface area contributed by atoms with Crippen molar-refractivity contribution in [2.24, 2.45) is 0 Å². The van der Waals surface area contributed by atoms with Crippen LogP contribution in [-0.4, -0.2) is 14.4 Å². The van der Waals surface area contributed by atoms with Gasteiger partial charge in [0, 0.05) is 6.92 Å². The van der Waals surface area contributed by atoms with Gasteiger partial charge in [0.05, 0.1) is 16.6 Å². The molecule has 5 nitrogen and oxygen atoms in total. The molecule has 1 aliphatic rings. The molecule has 0 aliphatic carbocycles. The molecule has 0 saturated heterocycles. The third-order valence-electron chi connectivity index (χ3n) is 5.67. The van der Waals surface area contributed by atoms with Crippen LogP contribution in [0.5, 0.6) is 5.75 Å². The summed E-state index contributed by atoms with van der Waals surface area (Å²) in [5, 5.41) is 0. The van der Waals surface area contributed by atoms with Crippen molar-refractivity contribution in [3.05, 3.63) is 89.5 Å². The summed E-state index contributed by atoms with van der Waals surface area (Å²) in [6.45, 7) is 5.40. The standard InChI is InChI=1S/C25H25NO4S/c1-17-8-14-22(15-9-17)31(28,29)26-24-7-5-4-6-23(24)18(2)16-25(26)20-10-12-21(13-11-20)30-19(3)27/h4-15,18,25H,16H2,1-3H3/t18-,25-/m0/s1. The molecule has 1 heterocycles. The van der Waals surface area contributed by atoms with Crippen LogP contribution in [0, 0.1) is 6.92 Å². The van der Waals surface area contributed by atoms with Crippen LogP contribution in [0.4, 0.5) is 5.69 Å². The van der Waals surface area contributed by atoms with Crippen LogP contribution in [0.2, 0.25) is 0 Å². The molecule has 3 aromatic rings. The summed E-state index contributed by atoms with van der Waals surface area (Å²) in [5.41, 5.74) is 3.58. The highest BCUT2D eigenvalue weighted by molar-refractivity contribution is 7.92. The molecule has 0 bridgehead atoms. The fourth-order valence-corrected chi connectivity index (χ4v) is 5.82. The molecule has 0 unspecified atom stereocenters. The number of para-hydroxylation sites is 1. The SMILES string of the molecule is CC(=O)Oc1ccc([C@@H]2C[C@H](C)c3ccccc3N2S(=O)(=O)c2ccc(C)cc2)cc1. The molecular weight excluding hydrogens is 410 g/mol. The highest BCUT2D eigenvalue weighted by Crippen LogP contribution is 2.47. The molecule has 6 heteroatoms. The first kappa shape index (κ1) is 21.1. The number of rotatable bonds is 4. The van der Waals surface area contributed by atoms with Crippen molar-refractivity contribution in [3.63, 3.8) is 0 Å². The number of ether oxygens (including phenoxy) is 1. The van der Waals surface area contributed by atoms with E-state index < -0.39 is 16.0 Å². The minimum atomic E-state index is -3.79. The summed E-state index contributed by atoms with van der Waals surface area (Å²) >= 11 is 0. The largest absolute Gasteiger partial charge is 0.427 e. The number of esters is 1. The van der Waals surface area contributed by atoms with Crippen molar-refractivity contribution in [1.82, 2.24) is 0 Å². The van der Waals surface area contributed by atoms with Crippen molar-refractivity contribution in [2.75, 3.05) is 4.31 Å². The smallest absolute Gasteiger partial charge is 0.308 e. The number of anilines is 1. The van der Waals surface area contributed by atoms with Crippen molar-refractivity contribution in [1.29, 1.82) is 0 Å². The summed E-state index contributed by atoms with van der Waals surface area (Å²) in [7, 11) is -3.79. The first-order valence-electron chi connectivity index (χ1n) is 10.3. The van der Waals surface area contributed by atoms with Crippen molar-refractivity contribution in [2.45, 2.75) is 44.0 Å². The zero-order valence-corrected chi connectivity index (χ0v) is 18.6. The Kier molecular flexibility index (Phi) is 5.58. The molecule has 0 saturated carbocycles. The first-order chi connectivity index (χ1) is 14.8. The van der Waals surface area contributed by atoms with Gasteiger partial charge in [-0.2, -0.15) is 0 Å². The van der Waals surface area contributed by atoms with E-state index in [-0.39, 0.29) is 16.9 Å². The second-order valence-electron chi connectivity index (χ2n) is 7.99. The summed E-state index contributed by atoms with van der Waals surface area (Å²) in [4.78, 5) is 11.5. The Hall–Kier alpha value is -3.12. The van der Waals surface area contributed by atoms with Gasteiger partial charge in [-0.3, -0.25) is 9.10 Å². The van der Waals surface area contributed by atoms with E-state index in [1.165, 1.54) is 6.92 Å². The Bertz CT molecular complexity index is 1200. The Balaban J connectivity index is 1.83. The predicted octanol–water partition coefficient (Wildman–Crippen LogP) is 5.36. The van der Waals surface area contributed by atoms with E-state index in [0.717, 1.165) is 16.7 Å². The summed E-state index contributed by atoms with van der Waals surface area (Å²) in [6.07, 6.45) is 0.648. The molecule has 0 radical (unpaired) electrons. The molecule has 0 fully saturated rings. The van der Waals surface area contributed by atoms with Gasteiger partial charge in [-0.1, -0.05) is 55.0 Å². The zero-order chi connectivity index (χ0) is 22.2. The lowest BCUT2D eigenvalue weighted by atomic mass is 9.85. The van der Waals surface area contributed by atoms with E-state index in [9.17, 15) is 13.2 Å². The average molecular weight is 436 g/mol. The second-order valence-corrected chi connectivity index (χ2v) is 9.80. The summed E-state index contributed by atoms with van der Waals surface area (Å²) < 4.78 is 34.3. The number of fused-ring (bicyclic) bond motifs is 1. The number of benzene rings is 3. The van der Waals surface area contributed by atoms with Crippen LogP contribution in [0.1, 0.15) is 48.9 Å². The molecule has 0 N–H and O–H groups in total. The number of hydrogen-bond donors (Lipinski definition) is 0. The van der Waals surface area contributed by atoms with E-state index in [2.05, 4.69) is 6.92 Å². The lowest BCUT2D eigenvalue weighted by Crippen LogP contribution is -2.39. The van der Waals surface area contributed by atoms with Crippen molar-refractivity contribution >= 4 is 21.7 Å². The Labute approximate surface area is 183 Å². The monoisotopic (exact) mass is 435 g/mol. The number of carbonyl (C=O) groups is 1. The molecule has 0 spiro atoms. The van der Waals surface area contributed by atoms with E-state index in [1.807, 2.05) is 55.5 Å². The van der Waals surface area contributed by atoms with E-state index in [4.69, 9.17) is 4.74 Å². The van der Waals surface area contributed by atoms with Crippen LogP contribution < -0.4 is 9.04 Å². The highest BCUT2D eigenvalue weighted by Gasteiger charge is 2.39. The van der Waals surface area contributed by atoms with E-state index >= 15 is 0 Å². The van der Waals surface area contributed by atoms with Crippen LogP contribution in [0.15, 0.2) is 77.7 Å². The van der Waals surface area contributed by atoms with Crippen LogP contribution in [0.25, 0.3) is 0 Å². The predicted molar refractivity (Wildman–Crippen MR) is 121 cm³/mol. The van der Waals surface area contributed by atoms with Crippen molar-refractivity contribution < 1.29 is 17.9 Å². The second kappa shape index (κ2) is 8.19. The molecule has 0 amide bonds. The molecule has 3 aromatic carbocycles. The Morgan fingerprint density at radius 3 is 2.26 bits per heavy atom. The molecular formula is C25H25NO4S. The molecule has 0 aromatic heterocycles. The third kappa shape index (κ3) is 4.08. The number of sulfonamides is 1. The summed E-state index contributed by atoms with van der Waals surface area (Å²) in [5.74, 6) is 0.240. The first-order valence-corrected chi connectivity index (χ1v) is 11.7. The van der Waals surface area contributed by atoms with Gasteiger partial charge in [0.25, 0.3) is 10.0 Å². The summed E-state index contributed by atoms with van der Waals surface area (Å²) in [6, 6.07) is 21.3. The van der Waals surface area contributed by atoms with E-state index in [0.29, 0.717) is 17.9 Å². The maximum absolute atomic E-state index is 13.8. The van der Waals surface area contributed by atoms with Crippen LogP contribution in [-0.2, 0) is 14.8 Å². The fourth-order valence-electron chi connectivity index (χ4n) is 4.15. The normalized spacial score (nSPS) is 18.4. The lowest BCUT2D eigenvalue weighted by Gasteiger charge is -2.40. The number of nitrogens with zero attached hydrogens (tertiary/aromatic N) is 1. The van der Waals surface area contributed by atoms with Gasteiger partial charge in [-0.15, -0.1) is 0 Å². The van der Waals surface area contributed by atoms with Crippen molar-refractivity contribution in [3.8, 4) is 5.75 Å². The molecule has 2 atom stereocenters. The maximum Gasteiger partial charge on any atom is 0.308 e. The highest BCUT2D eigenvalue weighted by atomic mass is 32.2. The molecule has 160 valence electrons. The maximum atomic E-state index is 13.8. The van der Waals surface area contributed by atoms with Gasteiger partial charge in [-0.25, -0.2) is 8.42 Å². The fraction of sp³-hybridized carbons (Fsp3) is 0.240. The van der Waals surface area contributed by atoms with Crippen LogP contribution >= 0.6 is 0 Å². The quantitative estimate of drug-likeness (QED) is 0.409. The van der Waals surface area contributed by atoms with Gasteiger partial charge in [0.2, 0.25) is 0 Å². The lowest BCUT2D eigenvalue weighted by molar-refractivity contribution is -0.131. The number of hydrogen-bond acceptors (Lipinski definition) is 4. The minimum absolute atomic E-state index is 0.193. The average Bonchev–Trinajstić information content (AvgIpc) is 2.74. The Morgan fingerprint density at radius 2 is 1.61 bits per heavy atom. The van der Waals surface area contributed by atoms with Gasteiger partial charge < -0.3 is 4.74 Å². The Morgan fingerprint density at radius 1 is 0.968 bits per heavy atom. The number of aryl methyl sites for hydroxylation is 1. The van der Waals surface area contributed by atoms with Crippen LogP contribution in [0.3, 0.4) is 0 Å². The molecule has 31 heavy (non-hydrogen) atoms. The van der Waals surface area contributed by atoms with Gasteiger partial charge >= 0.3 is 5.97 Å². The van der Waals surface area contributed by atoms with E-state index in [1.54, 1.807) is 28.6 Å². The van der Waals surface area contributed by atoms with Gasteiger partial charge in [0.1, 0.15) is 5.75 Å².